The van der Waals surface area contributed by atoms with Crippen molar-refractivity contribution in [2.45, 2.75) is 6.92 Å². The number of aromatic nitrogens is 1. The first-order chi connectivity index (χ1) is 8.25. The van der Waals surface area contributed by atoms with E-state index in [4.69, 9.17) is 0 Å². The Hall–Kier alpha value is -2.01. The zero-order valence-electron chi connectivity index (χ0n) is 9.25. The van der Waals surface area contributed by atoms with Gasteiger partial charge < -0.3 is 0 Å². The maximum atomic E-state index is 10.6. The predicted octanol–water partition coefficient (Wildman–Crippen LogP) is 2.28. The zero-order valence-corrected chi connectivity index (χ0v) is 10.1. The van der Waals surface area contributed by atoms with Crippen molar-refractivity contribution in [3.8, 4) is 10.6 Å². The Balaban J connectivity index is 2.11. The average molecular weight is 245 g/mol. The fraction of sp³-hybridized carbons (Fsp3) is 0.0833. The summed E-state index contributed by atoms with van der Waals surface area (Å²) in [5, 5.41) is 3.81. The molecule has 0 aliphatic rings. The number of thiophene rings is 1. The van der Waals surface area contributed by atoms with E-state index in [0.717, 1.165) is 15.4 Å². The summed E-state index contributed by atoms with van der Waals surface area (Å²) in [6.07, 6.45) is 3.39. The van der Waals surface area contributed by atoms with Gasteiger partial charge in [0, 0.05) is 18.0 Å². The van der Waals surface area contributed by atoms with E-state index in [-0.39, 0.29) is 5.91 Å². The van der Waals surface area contributed by atoms with E-state index in [2.05, 4.69) is 15.5 Å². The summed E-state index contributed by atoms with van der Waals surface area (Å²) in [7, 11) is 0. The second kappa shape index (κ2) is 5.36. The van der Waals surface area contributed by atoms with Crippen LogP contribution in [0.1, 0.15) is 11.8 Å². The average Bonchev–Trinajstić information content (AvgIpc) is 2.78. The highest BCUT2D eigenvalue weighted by molar-refractivity contribution is 7.17. The number of pyridine rings is 1. The zero-order chi connectivity index (χ0) is 12.1. The van der Waals surface area contributed by atoms with E-state index in [0.29, 0.717) is 0 Å². The van der Waals surface area contributed by atoms with Crippen molar-refractivity contribution in [1.82, 2.24) is 10.4 Å². The van der Waals surface area contributed by atoms with E-state index >= 15 is 0 Å². The van der Waals surface area contributed by atoms with Gasteiger partial charge in [0.1, 0.15) is 0 Å². The van der Waals surface area contributed by atoms with Crippen molar-refractivity contribution in [3.63, 3.8) is 0 Å². The number of rotatable bonds is 3. The van der Waals surface area contributed by atoms with Crippen molar-refractivity contribution in [1.29, 1.82) is 0 Å². The van der Waals surface area contributed by atoms with Gasteiger partial charge >= 0.3 is 0 Å². The van der Waals surface area contributed by atoms with Crippen LogP contribution in [0, 0.1) is 0 Å². The Morgan fingerprint density at radius 1 is 1.41 bits per heavy atom. The number of nitrogens with one attached hydrogen (secondary N) is 1. The minimum Gasteiger partial charge on any atom is -0.274 e. The van der Waals surface area contributed by atoms with Gasteiger partial charge in [-0.3, -0.25) is 9.78 Å². The number of carbonyl (C=O) groups is 1. The lowest BCUT2D eigenvalue weighted by Gasteiger charge is -1.93. The Bertz CT molecular complexity index is 534. The molecule has 2 rings (SSSR count). The summed E-state index contributed by atoms with van der Waals surface area (Å²) in [5.74, 6) is -0.178. The number of carbonyl (C=O) groups excluding carboxylic acids is 1. The van der Waals surface area contributed by atoms with Gasteiger partial charge in [-0.2, -0.15) is 5.10 Å². The minimum absolute atomic E-state index is 0.178. The van der Waals surface area contributed by atoms with Crippen LogP contribution in [0.2, 0.25) is 0 Å². The molecule has 2 heterocycles. The first kappa shape index (κ1) is 11.5. The molecule has 0 atom stereocenters. The smallest absolute Gasteiger partial charge is 0.236 e. The predicted molar refractivity (Wildman–Crippen MR) is 69.0 cm³/mol. The molecule has 0 aliphatic heterocycles. The molecule has 0 aliphatic carbocycles. The van der Waals surface area contributed by atoms with Gasteiger partial charge in [0.15, 0.2) is 0 Å². The number of hydrazone groups is 1. The van der Waals surface area contributed by atoms with Gasteiger partial charge in [0.25, 0.3) is 0 Å². The Morgan fingerprint density at radius 2 is 2.29 bits per heavy atom. The number of hydrogen-bond donors (Lipinski definition) is 1. The first-order valence-corrected chi connectivity index (χ1v) is 5.88. The SMILES string of the molecule is CC(=O)N/N=C/c1ccc(-c2ccccn2)s1. The fourth-order valence-corrected chi connectivity index (χ4v) is 2.11. The van der Waals surface area contributed by atoms with Crippen LogP contribution in [-0.4, -0.2) is 17.1 Å². The molecule has 0 unspecified atom stereocenters. The minimum atomic E-state index is -0.178. The molecular weight excluding hydrogens is 234 g/mol. The summed E-state index contributed by atoms with van der Waals surface area (Å²) in [4.78, 5) is 16.9. The lowest BCUT2D eigenvalue weighted by atomic mass is 10.3. The van der Waals surface area contributed by atoms with Crippen molar-refractivity contribution in [2.75, 3.05) is 0 Å². The highest BCUT2D eigenvalue weighted by Crippen LogP contribution is 2.25. The molecule has 86 valence electrons. The highest BCUT2D eigenvalue weighted by atomic mass is 32.1. The topological polar surface area (TPSA) is 54.4 Å². The van der Waals surface area contributed by atoms with Crippen LogP contribution >= 0.6 is 11.3 Å². The summed E-state index contributed by atoms with van der Waals surface area (Å²) in [6, 6.07) is 9.73. The van der Waals surface area contributed by atoms with Crippen LogP contribution in [0.25, 0.3) is 10.6 Å². The molecule has 0 spiro atoms. The van der Waals surface area contributed by atoms with Crippen molar-refractivity contribution < 1.29 is 4.79 Å². The van der Waals surface area contributed by atoms with Crippen molar-refractivity contribution in [2.24, 2.45) is 5.10 Å². The molecular formula is C12H11N3OS. The molecule has 2 aromatic heterocycles. The van der Waals surface area contributed by atoms with Gasteiger partial charge in [-0.15, -0.1) is 11.3 Å². The van der Waals surface area contributed by atoms with E-state index in [1.165, 1.54) is 6.92 Å². The van der Waals surface area contributed by atoms with Crippen LogP contribution in [0.3, 0.4) is 0 Å². The van der Waals surface area contributed by atoms with Crippen LogP contribution in [-0.2, 0) is 4.79 Å². The largest absolute Gasteiger partial charge is 0.274 e. The third-order valence-electron chi connectivity index (χ3n) is 1.96. The molecule has 0 radical (unpaired) electrons. The second-order valence-corrected chi connectivity index (χ2v) is 4.46. The van der Waals surface area contributed by atoms with Gasteiger partial charge in [0.05, 0.1) is 16.8 Å². The lowest BCUT2D eigenvalue weighted by Crippen LogP contribution is -2.11. The van der Waals surface area contributed by atoms with E-state index in [9.17, 15) is 4.79 Å². The fourth-order valence-electron chi connectivity index (χ4n) is 1.26. The molecule has 17 heavy (non-hydrogen) atoms. The third kappa shape index (κ3) is 3.22. The highest BCUT2D eigenvalue weighted by Gasteiger charge is 2.01. The quantitative estimate of drug-likeness (QED) is 0.666. The molecule has 0 saturated heterocycles. The van der Waals surface area contributed by atoms with Gasteiger partial charge in [-0.25, -0.2) is 5.43 Å². The third-order valence-corrected chi connectivity index (χ3v) is 3.00. The van der Waals surface area contributed by atoms with Crippen molar-refractivity contribution >= 4 is 23.5 Å². The lowest BCUT2D eigenvalue weighted by molar-refractivity contribution is -0.118. The van der Waals surface area contributed by atoms with Gasteiger partial charge in [-0.1, -0.05) is 6.07 Å². The normalized spacial score (nSPS) is 10.6. The number of nitrogens with zero attached hydrogens (tertiary/aromatic N) is 2. The molecule has 1 amide bonds. The molecule has 0 bridgehead atoms. The maximum Gasteiger partial charge on any atom is 0.236 e. The summed E-state index contributed by atoms with van der Waals surface area (Å²) in [5.41, 5.74) is 3.31. The molecule has 4 nitrogen and oxygen atoms in total. The molecule has 0 aromatic carbocycles. The standard InChI is InChI=1S/C12H11N3OS/c1-9(16)15-14-8-10-5-6-12(17-10)11-4-2-3-7-13-11/h2-8H,1H3,(H,15,16)/b14-8+. The molecule has 5 heteroatoms. The van der Waals surface area contributed by atoms with E-state index in [1.54, 1.807) is 23.7 Å². The Kier molecular flexibility index (Phi) is 3.62. The Labute approximate surface area is 103 Å². The molecule has 0 saturated carbocycles. The van der Waals surface area contributed by atoms with Crippen LogP contribution in [0.15, 0.2) is 41.6 Å². The van der Waals surface area contributed by atoms with Crippen LogP contribution in [0.5, 0.6) is 0 Å². The molecule has 2 aromatic rings. The summed E-state index contributed by atoms with van der Waals surface area (Å²) < 4.78 is 0. The second-order valence-electron chi connectivity index (χ2n) is 3.34. The molecule has 1 N–H and O–H groups in total. The van der Waals surface area contributed by atoms with Crippen LogP contribution < -0.4 is 5.43 Å². The maximum absolute atomic E-state index is 10.6. The first-order valence-electron chi connectivity index (χ1n) is 5.06. The summed E-state index contributed by atoms with van der Waals surface area (Å²) >= 11 is 1.57. The molecule has 0 fully saturated rings. The van der Waals surface area contributed by atoms with E-state index in [1.807, 2.05) is 30.3 Å². The van der Waals surface area contributed by atoms with Gasteiger partial charge in [0.2, 0.25) is 5.91 Å². The van der Waals surface area contributed by atoms with Crippen LogP contribution in [0.4, 0.5) is 0 Å². The summed E-state index contributed by atoms with van der Waals surface area (Å²) in [6.45, 7) is 1.42. The monoisotopic (exact) mass is 245 g/mol. The van der Waals surface area contributed by atoms with Crippen molar-refractivity contribution in [3.05, 3.63) is 41.4 Å². The van der Waals surface area contributed by atoms with E-state index < -0.39 is 0 Å². The number of hydrogen-bond acceptors (Lipinski definition) is 4. The Morgan fingerprint density at radius 3 is 3.00 bits per heavy atom. The number of amides is 1. The van der Waals surface area contributed by atoms with Gasteiger partial charge in [-0.05, 0) is 24.3 Å².